The van der Waals surface area contributed by atoms with Gasteiger partial charge in [-0.15, -0.1) is 0 Å². The third-order valence-electron chi connectivity index (χ3n) is 2.89. The van der Waals surface area contributed by atoms with E-state index in [4.69, 9.17) is 16.3 Å². The number of nitrogens with zero attached hydrogens (tertiary/aromatic N) is 1. The second-order valence-corrected chi connectivity index (χ2v) is 4.97. The summed E-state index contributed by atoms with van der Waals surface area (Å²) in [5.74, 6) is 0.615. The Morgan fingerprint density at radius 1 is 1.20 bits per heavy atom. The van der Waals surface area contributed by atoms with Gasteiger partial charge >= 0.3 is 0 Å². The second kappa shape index (κ2) is 7.88. The van der Waals surface area contributed by atoms with Gasteiger partial charge in [-0.3, -0.25) is 0 Å². The van der Waals surface area contributed by atoms with E-state index in [2.05, 4.69) is 17.2 Å². The van der Waals surface area contributed by atoms with Crippen molar-refractivity contribution in [2.24, 2.45) is 0 Å². The van der Waals surface area contributed by atoms with Crippen molar-refractivity contribution in [1.29, 1.82) is 0 Å². The summed E-state index contributed by atoms with van der Waals surface area (Å²) in [6, 6.07) is 11.6. The average molecular weight is 291 g/mol. The monoisotopic (exact) mass is 290 g/mol. The number of nitrogens with one attached hydrogen (secondary N) is 1. The molecule has 0 saturated carbocycles. The topological polar surface area (TPSA) is 34.1 Å². The molecule has 0 spiro atoms. The van der Waals surface area contributed by atoms with Crippen LogP contribution in [0.5, 0.6) is 5.88 Å². The molecule has 0 aliphatic rings. The first kappa shape index (κ1) is 14.8. The Kier molecular flexibility index (Phi) is 5.84. The van der Waals surface area contributed by atoms with E-state index in [0.29, 0.717) is 17.5 Å². The zero-order valence-corrected chi connectivity index (χ0v) is 12.4. The lowest BCUT2D eigenvalue weighted by molar-refractivity contribution is 0.294. The lowest BCUT2D eigenvalue weighted by Crippen LogP contribution is -2.13. The maximum atomic E-state index is 6.08. The van der Waals surface area contributed by atoms with Gasteiger partial charge in [-0.1, -0.05) is 42.8 Å². The minimum absolute atomic E-state index is 0.431. The van der Waals surface area contributed by atoms with Crippen molar-refractivity contribution in [3.05, 3.63) is 58.7 Å². The summed E-state index contributed by atoms with van der Waals surface area (Å²) in [7, 11) is 0. The molecular weight excluding hydrogens is 272 g/mol. The highest BCUT2D eigenvalue weighted by Crippen LogP contribution is 2.17. The zero-order valence-electron chi connectivity index (χ0n) is 11.6. The Hall–Kier alpha value is -1.58. The second-order valence-electron chi connectivity index (χ2n) is 4.56. The first-order chi connectivity index (χ1) is 9.79. The molecule has 0 aliphatic carbocycles. The number of hydrogen-bond donors (Lipinski definition) is 1. The molecule has 0 saturated heterocycles. The van der Waals surface area contributed by atoms with E-state index in [1.807, 2.05) is 42.6 Å². The van der Waals surface area contributed by atoms with E-state index in [9.17, 15) is 0 Å². The molecule has 1 aromatic heterocycles. The predicted molar refractivity (Wildman–Crippen MR) is 82.0 cm³/mol. The molecule has 0 bridgehead atoms. The SMILES string of the molecule is CCCNCc1ccc(OCc2ccccc2Cl)nc1. The lowest BCUT2D eigenvalue weighted by atomic mass is 10.2. The first-order valence-corrected chi connectivity index (χ1v) is 7.19. The van der Waals surface area contributed by atoms with Crippen molar-refractivity contribution in [3.8, 4) is 5.88 Å². The molecular formula is C16H19ClN2O. The van der Waals surface area contributed by atoms with E-state index in [-0.39, 0.29) is 0 Å². The van der Waals surface area contributed by atoms with Crippen LogP contribution in [0.15, 0.2) is 42.6 Å². The maximum absolute atomic E-state index is 6.08. The highest BCUT2D eigenvalue weighted by atomic mass is 35.5. The van der Waals surface area contributed by atoms with Crippen LogP contribution in [-0.2, 0) is 13.2 Å². The largest absolute Gasteiger partial charge is 0.473 e. The standard InChI is InChI=1S/C16H19ClN2O/c1-2-9-18-10-13-7-8-16(19-11-13)20-12-14-5-3-4-6-15(14)17/h3-8,11,18H,2,9-10,12H2,1H3. The fraction of sp³-hybridized carbons (Fsp3) is 0.312. The van der Waals surface area contributed by atoms with Crippen molar-refractivity contribution >= 4 is 11.6 Å². The van der Waals surface area contributed by atoms with Gasteiger partial charge in [0.1, 0.15) is 6.61 Å². The third-order valence-corrected chi connectivity index (χ3v) is 3.26. The number of halogens is 1. The summed E-state index contributed by atoms with van der Waals surface area (Å²) in [5.41, 5.74) is 2.12. The molecule has 20 heavy (non-hydrogen) atoms. The van der Waals surface area contributed by atoms with E-state index < -0.39 is 0 Å². The van der Waals surface area contributed by atoms with Crippen molar-refractivity contribution in [2.45, 2.75) is 26.5 Å². The van der Waals surface area contributed by atoms with Crippen LogP contribution < -0.4 is 10.1 Å². The molecule has 0 amide bonds. The van der Waals surface area contributed by atoms with Crippen molar-refractivity contribution in [3.63, 3.8) is 0 Å². The van der Waals surface area contributed by atoms with Gasteiger partial charge in [0.15, 0.2) is 0 Å². The minimum Gasteiger partial charge on any atom is -0.473 e. The smallest absolute Gasteiger partial charge is 0.213 e. The summed E-state index contributed by atoms with van der Waals surface area (Å²) in [6.07, 6.45) is 2.97. The molecule has 4 heteroatoms. The molecule has 1 heterocycles. The van der Waals surface area contributed by atoms with Gasteiger partial charge < -0.3 is 10.1 Å². The third kappa shape index (κ3) is 4.51. The summed E-state index contributed by atoms with van der Waals surface area (Å²) in [4.78, 5) is 4.30. The summed E-state index contributed by atoms with van der Waals surface area (Å²) < 4.78 is 5.64. The highest BCUT2D eigenvalue weighted by molar-refractivity contribution is 6.31. The molecule has 2 rings (SSSR count). The molecule has 106 valence electrons. The van der Waals surface area contributed by atoms with E-state index in [1.54, 1.807) is 0 Å². The molecule has 2 aromatic rings. The van der Waals surface area contributed by atoms with E-state index in [0.717, 1.165) is 30.6 Å². The molecule has 1 N–H and O–H groups in total. The number of aromatic nitrogens is 1. The summed E-state index contributed by atoms with van der Waals surface area (Å²) in [6.45, 7) is 4.44. The van der Waals surface area contributed by atoms with Crippen molar-refractivity contribution in [1.82, 2.24) is 10.3 Å². The molecule has 0 atom stereocenters. The van der Waals surface area contributed by atoms with Crippen LogP contribution in [-0.4, -0.2) is 11.5 Å². The molecule has 0 fully saturated rings. The molecule has 0 aliphatic heterocycles. The van der Waals surface area contributed by atoms with Gasteiger partial charge in [-0.05, 0) is 24.6 Å². The lowest BCUT2D eigenvalue weighted by Gasteiger charge is -2.08. The maximum Gasteiger partial charge on any atom is 0.213 e. The minimum atomic E-state index is 0.431. The van der Waals surface area contributed by atoms with Gasteiger partial charge in [0.2, 0.25) is 5.88 Å². The predicted octanol–water partition coefficient (Wildman–Crippen LogP) is 3.81. The fourth-order valence-corrected chi connectivity index (χ4v) is 1.97. The quantitative estimate of drug-likeness (QED) is 0.787. The van der Waals surface area contributed by atoms with Crippen LogP contribution in [0.2, 0.25) is 5.02 Å². The Morgan fingerprint density at radius 2 is 2.05 bits per heavy atom. The Morgan fingerprint density at radius 3 is 2.75 bits per heavy atom. The molecule has 0 radical (unpaired) electrons. The number of rotatable bonds is 7. The van der Waals surface area contributed by atoms with Gasteiger partial charge in [0, 0.05) is 29.4 Å². The number of hydrogen-bond acceptors (Lipinski definition) is 3. The number of benzene rings is 1. The van der Waals surface area contributed by atoms with Gasteiger partial charge in [-0.2, -0.15) is 0 Å². The van der Waals surface area contributed by atoms with Crippen molar-refractivity contribution in [2.75, 3.05) is 6.54 Å². The molecule has 0 unspecified atom stereocenters. The van der Waals surface area contributed by atoms with Crippen LogP contribution in [0.25, 0.3) is 0 Å². The molecule has 3 nitrogen and oxygen atoms in total. The Balaban J connectivity index is 1.86. The van der Waals surface area contributed by atoms with Gasteiger partial charge in [0.05, 0.1) is 0 Å². The van der Waals surface area contributed by atoms with Crippen LogP contribution in [0.4, 0.5) is 0 Å². The van der Waals surface area contributed by atoms with Crippen LogP contribution in [0.1, 0.15) is 24.5 Å². The zero-order chi connectivity index (χ0) is 14.2. The average Bonchev–Trinajstić information content (AvgIpc) is 2.48. The summed E-state index contributed by atoms with van der Waals surface area (Å²) >= 11 is 6.08. The normalized spacial score (nSPS) is 10.5. The van der Waals surface area contributed by atoms with Crippen LogP contribution in [0.3, 0.4) is 0 Å². The summed E-state index contributed by atoms with van der Waals surface area (Å²) in [5, 5.41) is 4.05. The van der Waals surface area contributed by atoms with Gasteiger partial charge in [-0.25, -0.2) is 4.98 Å². The molecule has 1 aromatic carbocycles. The number of pyridine rings is 1. The van der Waals surface area contributed by atoms with Crippen LogP contribution >= 0.6 is 11.6 Å². The Labute approximate surface area is 124 Å². The number of ether oxygens (including phenoxy) is 1. The van der Waals surface area contributed by atoms with E-state index in [1.165, 1.54) is 0 Å². The highest BCUT2D eigenvalue weighted by Gasteiger charge is 2.01. The van der Waals surface area contributed by atoms with Crippen LogP contribution in [0, 0.1) is 0 Å². The Bertz CT molecular complexity index is 528. The van der Waals surface area contributed by atoms with Gasteiger partial charge in [0.25, 0.3) is 0 Å². The first-order valence-electron chi connectivity index (χ1n) is 6.81. The van der Waals surface area contributed by atoms with E-state index >= 15 is 0 Å². The fourth-order valence-electron chi connectivity index (χ4n) is 1.78. The van der Waals surface area contributed by atoms with Crippen molar-refractivity contribution < 1.29 is 4.74 Å².